The smallest absolute Gasteiger partial charge is 0.416 e. The molecule has 0 amide bonds. The Hall–Kier alpha value is -3.07. The third kappa shape index (κ3) is 4.04. The second kappa shape index (κ2) is 7.75. The number of nitrogens with zero attached hydrogens (tertiary/aromatic N) is 1. The van der Waals surface area contributed by atoms with Gasteiger partial charge in [-0.2, -0.15) is 13.2 Å². The van der Waals surface area contributed by atoms with Gasteiger partial charge in [-0.25, -0.2) is 9.18 Å². The summed E-state index contributed by atoms with van der Waals surface area (Å²) in [6.07, 6.45) is -3.78. The zero-order chi connectivity index (χ0) is 21.3. The Morgan fingerprint density at radius 3 is 2.45 bits per heavy atom. The van der Waals surface area contributed by atoms with Crippen molar-refractivity contribution in [3.8, 4) is 16.9 Å². The quantitative estimate of drug-likeness (QED) is 0.637. The molecule has 0 spiro atoms. The minimum absolute atomic E-state index is 0.0765. The molecule has 0 aliphatic heterocycles. The topological polar surface area (TPSA) is 64.1 Å². The molecule has 0 atom stereocenters. The summed E-state index contributed by atoms with van der Waals surface area (Å²) in [5.74, 6) is -0.867. The van der Waals surface area contributed by atoms with Gasteiger partial charge in [-0.1, -0.05) is 29.8 Å². The zero-order valence-electron chi connectivity index (χ0n) is 14.8. The molecule has 0 saturated carbocycles. The van der Waals surface area contributed by atoms with Crippen molar-refractivity contribution >= 4 is 11.6 Å². The predicted molar refractivity (Wildman–Crippen MR) is 98.8 cm³/mol. The summed E-state index contributed by atoms with van der Waals surface area (Å²) in [6.45, 7) is -0.744. The number of hydrogen-bond donors (Lipinski definition) is 1. The van der Waals surface area contributed by atoms with Crippen LogP contribution in [0, 0.1) is 5.82 Å². The van der Waals surface area contributed by atoms with E-state index in [0.717, 1.165) is 29.0 Å². The molecule has 0 unspecified atom stereocenters. The number of hydrogen-bond acceptors (Lipinski definition) is 3. The Morgan fingerprint density at radius 1 is 1.10 bits per heavy atom. The molecule has 152 valence electrons. The highest BCUT2D eigenvalue weighted by atomic mass is 35.5. The van der Waals surface area contributed by atoms with Gasteiger partial charge in [0.05, 0.1) is 29.8 Å². The van der Waals surface area contributed by atoms with Gasteiger partial charge in [0, 0.05) is 17.3 Å². The van der Waals surface area contributed by atoms with Crippen LogP contribution in [0.25, 0.3) is 11.1 Å². The highest BCUT2D eigenvalue weighted by Gasteiger charge is 2.34. The fourth-order valence-electron chi connectivity index (χ4n) is 2.85. The molecule has 3 aromatic rings. The number of halogens is 5. The van der Waals surface area contributed by atoms with Crippen molar-refractivity contribution in [2.24, 2.45) is 0 Å². The van der Waals surface area contributed by atoms with Gasteiger partial charge in [0.1, 0.15) is 11.6 Å². The van der Waals surface area contributed by atoms with Crippen LogP contribution in [0.1, 0.15) is 11.1 Å². The molecular formula is C19H13ClF4N2O3. The van der Waals surface area contributed by atoms with E-state index >= 15 is 0 Å². The second-order valence-corrected chi connectivity index (χ2v) is 6.39. The summed E-state index contributed by atoms with van der Waals surface area (Å²) in [6, 6.07) is 7.09. The number of ether oxygens (including phenoxy) is 1. The number of rotatable bonds is 4. The molecular weight excluding hydrogens is 416 g/mol. The van der Waals surface area contributed by atoms with Crippen LogP contribution in [0.3, 0.4) is 0 Å². The summed E-state index contributed by atoms with van der Waals surface area (Å²) >= 11 is 6.20. The van der Waals surface area contributed by atoms with Gasteiger partial charge in [-0.05, 0) is 18.2 Å². The number of H-pyrrole nitrogens is 1. The number of alkyl halides is 3. The van der Waals surface area contributed by atoms with E-state index in [2.05, 4.69) is 0 Å². The van der Waals surface area contributed by atoms with Crippen molar-refractivity contribution in [3.63, 3.8) is 0 Å². The molecule has 1 heterocycles. The van der Waals surface area contributed by atoms with Crippen molar-refractivity contribution in [3.05, 3.63) is 85.4 Å². The van der Waals surface area contributed by atoms with E-state index < -0.39 is 40.9 Å². The third-order valence-corrected chi connectivity index (χ3v) is 4.63. The zero-order valence-corrected chi connectivity index (χ0v) is 15.6. The van der Waals surface area contributed by atoms with Crippen LogP contribution in [0.4, 0.5) is 17.6 Å². The minimum atomic E-state index is -4.82. The Morgan fingerprint density at radius 2 is 1.79 bits per heavy atom. The molecule has 0 bridgehead atoms. The first-order valence-corrected chi connectivity index (χ1v) is 8.52. The first kappa shape index (κ1) is 20.7. The molecule has 1 N–H and O–H groups in total. The molecule has 2 aromatic carbocycles. The Labute approximate surface area is 166 Å². The van der Waals surface area contributed by atoms with Crippen LogP contribution < -0.4 is 16.0 Å². The standard InChI is InChI=1S/C19H13ClF4N2O3/c1-29-15-7-2-4-10(16(15)20)11-8-26(18(28)25-17(11)27)9-12-13(19(22,23)24)5-3-6-14(12)21/h2-8H,9H2,1H3,(H,25,27,28). The van der Waals surface area contributed by atoms with E-state index in [1.54, 1.807) is 12.1 Å². The maximum Gasteiger partial charge on any atom is 0.416 e. The van der Waals surface area contributed by atoms with Crippen molar-refractivity contribution in [2.45, 2.75) is 12.7 Å². The molecule has 3 rings (SSSR count). The van der Waals surface area contributed by atoms with Crippen LogP contribution in [0.15, 0.2) is 52.2 Å². The molecule has 5 nitrogen and oxygen atoms in total. The van der Waals surface area contributed by atoms with Gasteiger partial charge < -0.3 is 4.74 Å². The summed E-state index contributed by atoms with van der Waals surface area (Å²) < 4.78 is 59.7. The van der Waals surface area contributed by atoms with Gasteiger partial charge >= 0.3 is 11.9 Å². The molecule has 10 heteroatoms. The summed E-state index contributed by atoms with van der Waals surface area (Å²) in [5, 5.41) is 0.0765. The average Bonchev–Trinajstić information content (AvgIpc) is 2.65. The molecule has 0 saturated heterocycles. The molecule has 0 fully saturated rings. The normalized spacial score (nSPS) is 11.5. The molecule has 0 aliphatic carbocycles. The summed E-state index contributed by atoms with van der Waals surface area (Å²) in [7, 11) is 1.37. The maximum atomic E-state index is 14.1. The Bertz CT molecular complexity index is 1190. The van der Waals surface area contributed by atoms with E-state index in [1.807, 2.05) is 4.98 Å². The van der Waals surface area contributed by atoms with E-state index in [9.17, 15) is 27.2 Å². The maximum absolute atomic E-state index is 14.1. The van der Waals surface area contributed by atoms with E-state index in [4.69, 9.17) is 16.3 Å². The largest absolute Gasteiger partial charge is 0.495 e. The van der Waals surface area contributed by atoms with Gasteiger partial charge in [0.15, 0.2) is 0 Å². The molecule has 0 aliphatic rings. The Kier molecular flexibility index (Phi) is 5.52. The SMILES string of the molecule is COc1cccc(-c2cn(Cc3c(F)cccc3C(F)(F)F)c(=O)[nH]c2=O)c1Cl. The van der Waals surface area contributed by atoms with Gasteiger partial charge in [0.2, 0.25) is 0 Å². The number of aromatic nitrogens is 2. The lowest BCUT2D eigenvalue weighted by Gasteiger charge is -2.15. The predicted octanol–water partition coefficient (Wildman–Crippen LogP) is 4.07. The number of nitrogens with one attached hydrogen (secondary N) is 1. The highest BCUT2D eigenvalue weighted by molar-refractivity contribution is 6.34. The van der Waals surface area contributed by atoms with Gasteiger partial charge in [-0.3, -0.25) is 14.3 Å². The second-order valence-electron chi connectivity index (χ2n) is 6.02. The lowest BCUT2D eigenvalue weighted by atomic mass is 10.1. The third-order valence-electron chi connectivity index (χ3n) is 4.24. The van der Waals surface area contributed by atoms with E-state index in [1.165, 1.54) is 13.2 Å². The van der Waals surface area contributed by atoms with Crippen LogP contribution in [0.5, 0.6) is 5.75 Å². The summed E-state index contributed by atoms with van der Waals surface area (Å²) in [4.78, 5) is 26.4. The van der Waals surface area contributed by atoms with Crippen molar-refractivity contribution < 1.29 is 22.3 Å². The first-order valence-electron chi connectivity index (χ1n) is 8.14. The number of aromatic amines is 1. The van der Waals surface area contributed by atoms with Gasteiger partial charge in [-0.15, -0.1) is 0 Å². The first-order chi connectivity index (χ1) is 13.6. The fourth-order valence-corrected chi connectivity index (χ4v) is 3.16. The highest BCUT2D eigenvalue weighted by Crippen LogP contribution is 2.35. The average molecular weight is 429 g/mol. The van der Waals surface area contributed by atoms with Crippen LogP contribution in [-0.2, 0) is 12.7 Å². The molecule has 0 radical (unpaired) electrons. The molecule has 1 aromatic heterocycles. The Balaban J connectivity index is 2.17. The van der Waals surface area contributed by atoms with E-state index in [-0.39, 0.29) is 21.9 Å². The van der Waals surface area contributed by atoms with E-state index in [0.29, 0.717) is 0 Å². The number of benzene rings is 2. The fraction of sp³-hybridized carbons (Fsp3) is 0.158. The molecule has 29 heavy (non-hydrogen) atoms. The van der Waals surface area contributed by atoms with Gasteiger partial charge in [0.25, 0.3) is 5.56 Å². The van der Waals surface area contributed by atoms with Crippen molar-refractivity contribution in [1.29, 1.82) is 0 Å². The lowest BCUT2D eigenvalue weighted by molar-refractivity contribution is -0.138. The minimum Gasteiger partial charge on any atom is -0.495 e. The van der Waals surface area contributed by atoms with Crippen LogP contribution in [0.2, 0.25) is 5.02 Å². The van der Waals surface area contributed by atoms with Crippen molar-refractivity contribution in [1.82, 2.24) is 9.55 Å². The monoisotopic (exact) mass is 428 g/mol. The van der Waals surface area contributed by atoms with Crippen LogP contribution >= 0.6 is 11.6 Å². The number of methoxy groups -OCH3 is 1. The summed E-state index contributed by atoms with van der Waals surface area (Å²) in [5.41, 5.74) is -3.61. The lowest BCUT2D eigenvalue weighted by Crippen LogP contribution is -2.31. The van der Waals surface area contributed by atoms with Crippen LogP contribution in [-0.4, -0.2) is 16.7 Å². The van der Waals surface area contributed by atoms with Crippen molar-refractivity contribution in [2.75, 3.05) is 7.11 Å².